The Hall–Kier alpha value is -2.57. The van der Waals surface area contributed by atoms with E-state index >= 15 is 0 Å². The third-order valence-electron chi connectivity index (χ3n) is 4.40. The maximum Gasteiger partial charge on any atom is 0.513 e. The average molecular weight is 389 g/mol. The molecule has 0 radical (unpaired) electrons. The van der Waals surface area contributed by atoms with E-state index < -0.39 is 12.2 Å². The van der Waals surface area contributed by atoms with E-state index in [0.717, 1.165) is 17.7 Å². The normalized spacial score (nSPS) is 13.8. The molecule has 2 N–H and O–H groups in total. The number of hydrogen-bond donors (Lipinski definition) is 1. The number of carbonyl (C=O) groups is 2. The highest BCUT2D eigenvalue weighted by atomic mass is 35.5. The zero-order chi connectivity index (χ0) is 19.4. The summed E-state index contributed by atoms with van der Waals surface area (Å²) in [6.45, 7) is 2.54. The van der Waals surface area contributed by atoms with E-state index in [2.05, 4.69) is 0 Å². The van der Waals surface area contributed by atoms with Gasteiger partial charge >= 0.3 is 6.16 Å². The van der Waals surface area contributed by atoms with Gasteiger partial charge in [0.25, 0.3) is 0 Å². The second kappa shape index (κ2) is 8.41. The van der Waals surface area contributed by atoms with Crippen molar-refractivity contribution in [2.45, 2.75) is 25.8 Å². The molecule has 0 spiro atoms. The predicted molar refractivity (Wildman–Crippen MR) is 103 cm³/mol. The van der Waals surface area contributed by atoms with Crippen LogP contribution in [0, 0.1) is 0 Å². The van der Waals surface area contributed by atoms with Crippen LogP contribution < -0.4 is 15.4 Å². The number of ether oxygens (including phenoxy) is 2. The van der Waals surface area contributed by atoms with E-state index in [1.807, 2.05) is 24.3 Å². The van der Waals surface area contributed by atoms with Crippen LogP contribution in [0.3, 0.4) is 0 Å². The van der Waals surface area contributed by atoms with Crippen LogP contribution in [-0.4, -0.2) is 31.3 Å². The predicted octanol–water partition coefficient (Wildman–Crippen LogP) is 3.33. The molecule has 0 saturated carbocycles. The van der Waals surface area contributed by atoms with Gasteiger partial charge in [0.05, 0.1) is 12.6 Å². The maximum absolute atomic E-state index is 12.8. The van der Waals surface area contributed by atoms with Gasteiger partial charge in [-0.25, -0.2) is 4.79 Å². The molecule has 0 saturated heterocycles. The highest BCUT2D eigenvalue weighted by Gasteiger charge is 2.28. The summed E-state index contributed by atoms with van der Waals surface area (Å²) in [5, 5.41) is 0.377. The SMILES string of the molecule is CCOC(=O)Oc1ccc(C[C@H](N)C(=O)N2CCc3ccccc32)c(Cl)c1. The minimum Gasteiger partial charge on any atom is -0.434 e. The van der Waals surface area contributed by atoms with Gasteiger partial charge in [-0.3, -0.25) is 4.79 Å². The van der Waals surface area contributed by atoms with Crippen molar-refractivity contribution in [1.82, 2.24) is 0 Å². The average Bonchev–Trinajstić information content (AvgIpc) is 3.07. The molecule has 0 aliphatic carbocycles. The van der Waals surface area contributed by atoms with Crippen molar-refractivity contribution in [2.75, 3.05) is 18.1 Å². The quantitative estimate of drug-likeness (QED) is 0.627. The van der Waals surface area contributed by atoms with Crippen molar-refractivity contribution in [1.29, 1.82) is 0 Å². The van der Waals surface area contributed by atoms with Crippen molar-refractivity contribution in [3.63, 3.8) is 0 Å². The lowest BCUT2D eigenvalue weighted by Crippen LogP contribution is -2.44. The van der Waals surface area contributed by atoms with E-state index in [1.54, 1.807) is 24.0 Å². The van der Waals surface area contributed by atoms with Gasteiger partial charge in [-0.05, 0) is 49.1 Å². The number of halogens is 1. The summed E-state index contributed by atoms with van der Waals surface area (Å²) in [6, 6.07) is 11.9. The highest BCUT2D eigenvalue weighted by Crippen LogP contribution is 2.29. The number of rotatable bonds is 5. The number of benzene rings is 2. The summed E-state index contributed by atoms with van der Waals surface area (Å²) in [5.41, 5.74) is 8.94. The number of carbonyl (C=O) groups excluding carboxylic acids is 2. The first-order valence-corrected chi connectivity index (χ1v) is 9.15. The van der Waals surface area contributed by atoms with E-state index in [9.17, 15) is 9.59 Å². The summed E-state index contributed by atoms with van der Waals surface area (Å²) >= 11 is 6.27. The molecule has 6 nitrogen and oxygen atoms in total. The number of nitrogens with two attached hydrogens (primary N) is 1. The highest BCUT2D eigenvalue weighted by molar-refractivity contribution is 6.31. The van der Waals surface area contributed by atoms with Crippen molar-refractivity contribution in [3.05, 3.63) is 58.6 Å². The van der Waals surface area contributed by atoms with Gasteiger partial charge in [0.2, 0.25) is 5.91 Å². The largest absolute Gasteiger partial charge is 0.513 e. The van der Waals surface area contributed by atoms with Gasteiger partial charge in [0, 0.05) is 17.3 Å². The lowest BCUT2D eigenvalue weighted by molar-refractivity contribution is -0.119. The van der Waals surface area contributed by atoms with Gasteiger partial charge in [0.15, 0.2) is 0 Å². The maximum atomic E-state index is 12.8. The monoisotopic (exact) mass is 388 g/mol. The lowest BCUT2D eigenvalue weighted by Gasteiger charge is -2.22. The molecule has 0 aromatic heterocycles. The molecule has 0 unspecified atom stereocenters. The van der Waals surface area contributed by atoms with Crippen LogP contribution in [0.1, 0.15) is 18.1 Å². The zero-order valence-corrected chi connectivity index (χ0v) is 15.7. The fourth-order valence-electron chi connectivity index (χ4n) is 3.09. The van der Waals surface area contributed by atoms with Crippen molar-refractivity contribution < 1.29 is 19.1 Å². The van der Waals surface area contributed by atoms with Crippen LogP contribution >= 0.6 is 11.6 Å². The molecular formula is C20H21ClN2O4. The van der Waals surface area contributed by atoms with Gasteiger partial charge in [-0.15, -0.1) is 0 Å². The second-order valence-electron chi connectivity index (χ2n) is 6.22. The molecule has 1 heterocycles. The number of nitrogens with zero attached hydrogens (tertiary/aromatic N) is 1. The first-order chi connectivity index (χ1) is 13.0. The molecule has 1 amide bonds. The Morgan fingerprint density at radius 2 is 2.04 bits per heavy atom. The Kier molecular flexibility index (Phi) is 5.98. The van der Waals surface area contributed by atoms with Crippen LogP contribution in [-0.2, 0) is 22.4 Å². The Balaban J connectivity index is 1.66. The first kappa shape index (κ1) is 19.2. The molecule has 2 aromatic rings. The molecule has 1 aliphatic rings. The Bertz CT molecular complexity index is 856. The number of hydrogen-bond acceptors (Lipinski definition) is 5. The molecule has 142 valence electrons. The summed E-state index contributed by atoms with van der Waals surface area (Å²) in [5.74, 6) is 0.137. The molecule has 0 fully saturated rings. The number of fused-ring (bicyclic) bond motifs is 1. The molecular weight excluding hydrogens is 368 g/mol. The topological polar surface area (TPSA) is 81.9 Å². The van der Waals surface area contributed by atoms with E-state index in [4.69, 9.17) is 26.8 Å². The molecule has 1 atom stereocenters. The third-order valence-corrected chi connectivity index (χ3v) is 4.75. The molecule has 7 heteroatoms. The van der Waals surface area contributed by atoms with Crippen LogP contribution in [0.4, 0.5) is 10.5 Å². The summed E-state index contributed by atoms with van der Waals surface area (Å²) in [4.78, 5) is 25.9. The van der Waals surface area contributed by atoms with Crippen LogP contribution in [0.25, 0.3) is 0 Å². The van der Waals surface area contributed by atoms with E-state index in [1.165, 1.54) is 6.07 Å². The Morgan fingerprint density at radius 1 is 1.26 bits per heavy atom. The molecule has 3 rings (SSSR count). The van der Waals surface area contributed by atoms with Gasteiger partial charge < -0.3 is 20.1 Å². The summed E-state index contributed by atoms with van der Waals surface area (Å²) < 4.78 is 9.73. The number of amides is 1. The number of para-hydroxylation sites is 1. The van der Waals surface area contributed by atoms with Crippen molar-refractivity contribution >= 4 is 29.4 Å². The minimum atomic E-state index is -0.791. The third kappa shape index (κ3) is 4.40. The summed E-state index contributed by atoms with van der Waals surface area (Å²) in [6.07, 6.45) is 0.326. The van der Waals surface area contributed by atoms with Gasteiger partial charge in [-0.1, -0.05) is 35.9 Å². The second-order valence-corrected chi connectivity index (χ2v) is 6.62. The Labute approximate surface area is 162 Å². The van der Waals surface area contributed by atoms with Crippen LogP contribution in [0.2, 0.25) is 5.02 Å². The molecule has 0 bridgehead atoms. The zero-order valence-electron chi connectivity index (χ0n) is 15.0. The van der Waals surface area contributed by atoms with Gasteiger partial charge in [0.1, 0.15) is 5.75 Å². The standard InChI is InChI=1S/C20H21ClN2O4/c1-2-26-20(25)27-15-8-7-14(16(21)12-15)11-17(22)19(24)23-10-9-13-5-3-4-6-18(13)23/h3-8,12,17H,2,9-11,22H2,1H3/t17-/m0/s1. The molecule has 27 heavy (non-hydrogen) atoms. The lowest BCUT2D eigenvalue weighted by atomic mass is 10.0. The van der Waals surface area contributed by atoms with Crippen molar-refractivity contribution in [3.8, 4) is 5.75 Å². The fourth-order valence-corrected chi connectivity index (χ4v) is 3.34. The first-order valence-electron chi connectivity index (χ1n) is 8.77. The van der Waals surface area contributed by atoms with Crippen LogP contribution in [0.15, 0.2) is 42.5 Å². The minimum absolute atomic E-state index is 0.136. The molecule has 2 aromatic carbocycles. The molecule has 1 aliphatic heterocycles. The van der Waals surface area contributed by atoms with Crippen molar-refractivity contribution in [2.24, 2.45) is 5.73 Å². The van der Waals surface area contributed by atoms with Crippen LogP contribution in [0.5, 0.6) is 5.75 Å². The van der Waals surface area contributed by atoms with E-state index in [0.29, 0.717) is 17.1 Å². The summed E-state index contributed by atoms with van der Waals surface area (Å²) in [7, 11) is 0. The fraction of sp³-hybridized carbons (Fsp3) is 0.300. The Morgan fingerprint density at radius 3 is 2.78 bits per heavy atom. The smallest absolute Gasteiger partial charge is 0.434 e. The van der Waals surface area contributed by atoms with Gasteiger partial charge in [-0.2, -0.15) is 0 Å². The van der Waals surface area contributed by atoms with E-state index in [-0.39, 0.29) is 24.7 Å². The number of anilines is 1.